The molecule has 2 atom stereocenters. The van der Waals surface area contributed by atoms with E-state index in [0.29, 0.717) is 6.42 Å². The summed E-state index contributed by atoms with van der Waals surface area (Å²) >= 11 is 0. The first kappa shape index (κ1) is 52.2. The van der Waals surface area contributed by atoms with Crippen molar-refractivity contribution in [2.24, 2.45) is 5.73 Å². The Labute approximate surface area is 331 Å². The summed E-state index contributed by atoms with van der Waals surface area (Å²) in [7, 11) is -4.38. The van der Waals surface area contributed by atoms with Crippen molar-refractivity contribution in [3.63, 3.8) is 0 Å². The van der Waals surface area contributed by atoms with Crippen molar-refractivity contribution < 1.29 is 37.6 Å². The van der Waals surface area contributed by atoms with Gasteiger partial charge in [0.15, 0.2) is 6.10 Å². The molecule has 10 heteroatoms. The normalized spacial score (nSPS) is 13.6. The molecule has 0 rings (SSSR count). The van der Waals surface area contributed by atoms with E-state index in [-0.39, 0.29) is 38.6 Å². The molecular formula is C44H82NO8P. The topological polar surface area (TPSA) is 134 Å². The highest BCUT2D eigenvalue weighted by atomic mass is 31.2. The van der Waals surface area contributed by atoms with Crippen molar-refractivity contribution in [1.82, 2.24) is 0 Å². The molecule has 316 valence electrons. The first-order valence-electron chi connectivity index (χ1n) is 22.0. The molecule has 0 heterocycles. The van der Waals surface area contributed by atoms with Crippen molar-refractivity contribution in [3.05, 3.63) is 36.5 Å². The van der Waals surface area contributed by atoms with Gasteiger partial charge in [-0.25, -0.2) is 4.57 Å². The number of allylic oxidation sites excluding steroid dienone is 6. The number of carbonyl (C=O) groups excluding carboxylic acids is 2. The second-order valence-electron chi connectivity index (χ2n) is 14.6. The molecule has 0 aliphatic rings. The molecule has 0 radical (unpaired) electrons. The SMILES string of the molecule is CCCC/C=C\C/C=C\CCCCCCCC(=O)OC(COC(=O)CCCCCCCCCCC/C=C\CCCCCCCC)COP(=O)(O)OCCN. The maximum atomic E-state index is 12.6. The Bertz CT molecular complexity index is 986. The smallest absolute Gasteiger partial charge is 0.462 e. The van der Waals surface area contributed by atoms with E-state index < -0.39 is 26.5 Å². The van der Waals surface area contributed by atoms with Crippen LogP contribution in [0.4, 0.5) is 0 Å². The van der Waals surface area contributed by atoms with E-state index in [1.165, 1.54) is 103 Å². The molecule has 0 aromatic heterocycles. The summed E-state index contributed by atoms with van der Waals surface area (Å²) in [5, 5.41) is 0. The zero-order valence-electron chi connectivity index (χ0n) is 34.7. The van der Waals surface area contributed by atoms with Crippen LogP contribution < -0.4 is 5.73 Å². The number of phosphoric acid groups is 1. The lowest BCUT2D eigenvalue weighted by molar-refractivity contribution is -0.161. The first-order valence-corrected chi connectivity index (χ1v) is 23.5. The number of phosphoric ester groups is 1. The van der Waals surface area contributed by atoms with Crippen molar-refractivity contribution in [3.8, 4) is 0 Å². The Morgan fingerprint density at radius 1 is 0.556 bits per heavy atom. The minimum absolute atomic E-state index is 0.0505. The fraction of sp³-hybridized carbons (Fsp3) is 0.818. The lowest BCUT2D eigenvalue weighted by Crippen LogP contribution is -2.29. The van der Waals surface area contributed by atoms with Crippen LogP contribution in [0.2, 0.25) is 0 Å². The molecule has 2 unspecified atom stereocenters. The van der Waals surface area contributed by atoms with Crippen molar-refractivity contribution in [2.75, 3.05) is 26.4 Å². The van der Waals surface area contributed by atoms with E-state index in [2.05, 4.69) is 50.3 Å². The average Bonchev–Trinajstić information content (AvgIpc) is 3.16. The van der Waals surface area contributed by atoms with Gasteiger partial charge < -0.3 is 20.1 Å². The van der Waals surface area contributed by atoms with Crippen LogP contribution in [0.15, 0.2) is 36.5 Å². The molecule has 3 N–H and O–H groups in total. The number of unbranched alkanes of at least 4 members (excludes halogenated alkanes) is 22. The maximum Gasteiger partial charge on any atom is 0.472 e. The van der Waals surface area contributed by atoms with Crippen molar-refractivity contribution >= 4 is 19.8 Å². The molecule has 0 spiro atoms. The van der Waals surface area contributed by atoms with Gasteiger partial charge in [0.25, 0.3) is 0 Å². The predicted octanol–water partition coefficient (Wildman–Crippen LogP) is 12.6. The first-order chi connectivity index (χ1) is 26.3. The highest BCUT2D eigenvalue weighted by Crippen LogP contribution is 2.43. The van der Waals surface area contributed by atoms with Gasteiger partial charge in [-0.3, -0.25) is 18.6 Å². The number of carbonyl (C=O) groups is 2. The highest BCUT2D eigenvalue weighted by molar-refractivity contribution is 7.47. The lowest BCUT2D eigenvalue weighted by Gasteiger charge is -2.19. The molecule has 0 saturated carbocycles. The molecule has 0 amide bonds. The van der Waals surface area contributed by atoms with Gasteiger partial charge in [-0.2, -0.15) is 0 Å². The standard InChI is InChI=1S/C44H82NO8P/c1-3-5-7-9-11-13-15-17-19-20-21-22-23-25-26-28-30-32-34-36-43(46)50-40-42(41-52-54(48,49)51-39-38-45)53-44(47)37-35-33-31-29-27-24-18-16-14-12-10-8-6-4-2/h10,12,16-19,42H,3-9,11,13-15,20-41,45H2,1-2H3,(H,48,49)/b12-10-,18-16-,19-17-. The van der Waals surface area contributed by atoms with Crippen LogP contribution in [0, 0.1) is 0 Å². The lowest BCUT2D eigenvalue weighted by atomic mass is 10.1. The summed E-state index contributed by atoms with van der Waals surface area (Å²) in [6.45, 7) is 3.68. The van der Waals surface area contributed by atoms with Crippen LogP contribution in [0.5, 0.6) is 0 Å². The van der Waals surface area contributed by atoms with Crippen LogP contribution in [0.25, 0.3) is 0 Å². The monoisotopic (exact) mass is 784 g/mol. The second-order valence-corrected chi connectivity index (χ2v) is 16.0. The second kappa shape index (κ2) is 40.9. The third-order valence-corrected chi connectivity index (χ3v) is 10.2. The number of rotatable bonds is 41. The summed E-state index contributed by atoms with van der Waals surface area (Å²) in [6, 6.07) is 0. The molecule has 0 bridgehead atoms. The third-order valence-electron chi connectivity index (χ3n) is 9.25. The van der Waals surface area contributed by atoms with Crippen LogP contribution >= 0.6 is 7.82 Å². The quantitative estimate of drug-likeness (QED) is 0.0269. The van der Waals surface area contributed by atoms with E-state index in [9.17, 15) is 19.0 Å². The van der Waals surface area contributed by atoms with E-state index in [1.807, 2.05) is 0 Å². The van der Waals surface area contributed by atoms with Crippen LogP contribution in [-0.4, -0.2) is 49.3 Å². The summed E-state index contributed by atoms with van der Waals surface area (Å²) < 4.78 is 32.8. The van der Waals surface area contributed by atoms with Gasteiger partial charge in [-0.05, 0) is 64.2 Å². The Balaban J connectivity index is 4.13. The third kappa shape index (κ3) is 39.9. The van der Waals surface area contributed by atoms with Crippen LogP contribution in [0.3, 0.4) is 0 Å². The van der Waals surface area contributed by atoms with Crippen molar-refractivity contribution in [1.29, 1.82) is 0 Å². The zero-order chi connectivity index (χ0) is 39.6. The van der Waals surface area contributed by atoms with Crippen molar-refractivity contribution in [2.45, 2.75) is 206 Å². The average molecular weight is 784 g/mol. The number of hydrogen-bond acceptors (Lipinski definition) is 8. The minimum atomic E-state index is -4.38. The fourth-order valence-corrected chi connectivity index (χ4v) is 6.70. The van der Waals surface area contributed by atoms with Gasteiger partial charge >= 0.3 is 19.8 Å². The molecule has 0 aliphatic heterocycles. The number of esters is 2. The van der Waals surface area contributed by atoms with E-state index >= 15 is 0 Å². The Kier molecular flexibility index (Phi) is 39.5. The Morgan fingerprint density at radius 2 is 0.981 bits per heavy atom. The minimum Gasteiger partial charge on any atom is -0.462 e. The van der Waals surface area contributed by atoms with Gasteiger partial charge in [-0.15, -0.1) is 0 Å². The number of nitrogens with two attached hydrogens (primary N) is 1. The van der Waals surface area contributed by atoms with E-state index in [1.54, 1.807) is 0 Å². The van der Waals surface area contributed by atoms with Crippen LogP contribution in [-0.2, 0) is 32.7 Å². The molecule has 0 fully saturated rings. The molecule has 0 aromatic rings. The zero-order valence-corrected chi connectivity index (χ0v) is 35.6. The van der Waals surface area contributed by atoms with E-state index in [4.69, 9.17) is 24.3 Å². The number of ether oxygens (including phenoxy) is 2. The summed E-state index contributed by atoms with van der Waals surface area (Å²) in [6.07, 6.45) is 44.6. The molecule has 9 nitrogen and oxygen atoms in total. The van der Waals surface area contributed by atoms with Gasteiger partial charge in [0.2, 0.25) is 0 Å². The molecule has 0 aliphatic carbocycles. The Morgan fingerprint density at radius 3 is 1.48 bits per heavy atom. The van der Waals surface area contributed by atoms with Gasteiger partial charge in [0.05, 0.1) is 13.2 Å². The Hall–Kier alpha value is -1.77. The molecular weight excluding hydrogens is 701 g/mol. The van der Waals surface area contributed by atoms with E-state index in [0.717, 1.165) is 64.2 Å². The van der Waals surface area contributed by atoms with Gasteiger partial charge in [0.1, 0.15) is 6.61 Å². The maximum absolute atomic E-state index is 12.6. The summed E-state index contributed by atoms with van der Waals surface area (Å²) in [5.74, 6) is -0.845. The summed E-state index contributed by atoms with van der Waals surface area (Å²) in [5.41, 5.74) is 5.34. The fourth-order valence-electron chi connectivity index (χ4n) is 5.94. The highest BCUT2D eigenvalue weighted by Gasteiger charge is 2.26. The molecule has 54 heavy (non-hydrogen) atoms. The largest absolute Gasteiger partial charge is 0.472 e. The van der Waals surface area contributed by atoms with Gasteiger partial charge in [0, 0.05) is 19.4 Å². The molecule has 0 saturated heterocycles. The predicted molar refractivity (Wildman–Crippen MR) is 224 cm³/mol. The number of hydrogen-bond donors (Lipinski definition) is 2. The molecule has 0 aromatic carbocycles. The van der Waals surface area contributed by atoms with Gasteiger partial charge in [-0.1, -0.05) is 159 Å². The summed E-state index contributed by atoms with van der Waals surface area (Å²) in [4.78, 5) is 34.9. The van der Waals surface area contributed by atoms with Crippen LogP contribution in [0.1, 0.15) is 200 Å².